The Bertz CT molecular complexity index is 767. The highest BCUT2D eigenvalue weighted by atomic mass is 16.2. The minimum Gasteiger partial charge on any atom is -0.351 e. The molecule has 2 fully saturated rings. The molecule has 2 aliphatic rings. The Kier molecular flexibility index (Phi) is 3.32. The highest BCUT2D eigenvalue weighted by Gasteiger charge is 2.40. The average Bonchev–Trinajstić information content (AvgIpc) is 3.19. The van der Waals surface area contributed by atoms with Gasteiger partial charge in [-0.2, -0.15) is 0 Å². The van der Waals surface area contributed by atoms with Gasteiger partial charge in [0.05, 0.1) is 11.4 Å². The summed E-state index contributed by atoms with van der Waals surface area (Å²) < 4.78 is 0. The molecule has 2 unspecified atom stereocenters. The third-order valence-electron chi connectivity index (χ3n) is 5.12. The van der Waals surface area contributed by atoms with Crippen molar-refractivity contribution in [2.24, 2.45) is 5.92 Å². The number of nitrogens with zero attached hydrogens (tertiary/aromatic N) is 4. The second-order valence-corrected chi connectivity index (χ2v) is 6.57. The number of amides is 1. The van der Waals surface area contributed by atoms with E-state index in [2.05, 4.69) is 26.4 Å². The molecule has 1 amide bonds. The smallest absolute Gasteiger partial charge is 0.248 e. The van der Waals surface area contributed by atoms with E-state index in [4.69, 9.17) is 0 Å². The number of carbonyl (C=O) groups excluding carboxylic acids is 1. The van der Waals surface area contributed by atoms with Crippen molar-refractivity contribution >= 4 is 22.8 Å². The maximum absolute atomic E-state index is 12.3. The van der Waals surface area contributed by atoms with E-state index in [9.17, 15) is 4.79 Å². The van der Waals surface area contributed by atoms with Crippen LogP contribution in [0.25, 0.3) is 11.0 Å². The molecule has 2 aromatic heterocycles. The van der Waals surface area contributed by atoms with Crippen LogP contribution < -0.4 is 4.90 Å². The number of likely N-dealkylation sites (tertiary alicyclic amines) is 1. The Morgan fingerprint density at radius 1 is 1.35 bits per heavy atom. The molecule has 0 aliphatic carbocycles. The van der Waals surface area contributed by atoms with Gasteiger partial charge in [-0.15, -0.1) is 0 Å². The minimum atomic E-state index is 0.0739. The van der Waals surface area contributed by atoms with Crippen molar-refractivity contribution in [2.75, 3.05) is 24.5 Å². The molecule has 4 heterocycles. The van der Waals surface area contributed by atoms with Crippen LogP contribution in [0.15, 0.2) is 30.7 Å². The molecule has 0 aromatic carbocycles. The molecule has 2 atom stereocenters. The quantitative estimate of drug-likeness (QED) is 0.861. The van der Waals surface area contributed by atoms with Crippen LogP contribution in [0.2, 0.25) is 0 Å². The summed E-state index contributed by atoms with van der Waals surface area (Å²) in [6.07, 6.45) is 5.73. The number of hydrogen-bond acceptors (Lipinski definition) is 4. The first-order valence-corrected chi connectivity index (χ1v) is 8.14. The average molecular weight is 311 g/mol. The van der Waals surface area contributed by atoms with Crippen LogP contribution in [0.1, 0.15) is 19.8 Å². The molecule has 6 nitrogen and oxygen atoms in total. The Morgan fingerprint density at radius 3 is 3.00 bits per heavy atom. The fraction of sp³-hybridized carbons (Fsp3) is 0.471. The van der Waals surface area contributed by atoms with E-state index in [0.29, 0.717) is 17.5 Å². The van der Waals surface area contributed by atoms with Crippen molar-refractivity contribution in [1.82, 2.24) is 19.9 Å². The number of nitrogens with one attached hydrogen (secondary N) is 1. The number of fused-ring (bicyclic) bond motifs is 2. The molecular formula is C17H21N5O. The van der Waals surface area contributed by atoms with Gasteiger partial charge >= 0.3 is 0 Å². The standard InChI is InChI=1S/C17H21N5O/c1-11(2)17(23)21-7-4-12-5-8-22(14(12)9-21)16-13-3-6-18-15(13)19-10-20-16/h3,6,10,12,14H,1,4-5,7-9H2,2H3,(H,18,19,20). The van der Waals surface area contributed by atoms with Crippen LogP contribution in [-0.4, -0.2) is 51.4 Å². The van der Waals surface area contributed by atoms with Crippen molar-refractivity contribution in [3.8, 4) is 0 Å². The van der Waals surface area contributed by atoms with Crippen molar-refractivity contribution in [3.05, 3.63) is 30.7 Å². The number of hydrogen-bond donors (Lipinski definition) is 1. The van der Waals surface area contributed by atoms with Crippen LogP contribution in [-0.2, 0) is 4.79 Å². The Labute approximate surface area is 135 Å². The molecular weight excluding hydrogens is 290 g/mol. The maximum Gasteiger partial charge on any atom is 0.248 e. The monoisotopic (exact) mass is 311 g/mol. The molecule has 0 radical (unpaired) electrons. The summed E-state index contributed by atoms with van der Waals surface area (Å²) in [5.74, 6) is 1.69. The lowest BCUT2D eigenvalue weighted by atomic mass is 9.92. The fourth-order valence-corrected chi connectivity index (χ4v) is 3.95. The zero-order valence-electron chi connectivity index (χ0n) is 13.3. The zero-order valence-corrected chi connectivity index (χ0v) is 13.3. The maximum atomic E-state index is 12.3. The van der Waals surface area contributed by atoms with Crippen LogP contribution in [0.3, 0.4) is 0 Å². The van der Waals surface area contributed by atoms with E-state index in [1.54, 1.807) is 13.3 Å². The second-order valence-electron chi connectivity index (χ2n) is 6.57. The summed E-state index contributed by atoms with van der Waals surface area (Å²) in [5, 5.41) is 1.05. The number of carbonyl (C=O) groups is 1. The van der Waals surface area contributed by atoms with Gasteiger partial charge in [-0.05, 0) is 31.7 Å². The number of H-pyrrole nitrogens is 1. The van der Waals surface area contributed by atoms with Gasteiger partial charge in [0.25, 0.3) is 0 Å². The predicted octanol–water partition coefficient (Wildman–Crippen LogP) is 1.96. The molecule has 2 aromatic rings. The molecule has 2 aliphatic heterocycles. The first-order chi connectivity index (χ1) is 11.1. The minimum absolute atomic E-state index is 0.0739. The van der Waals surface area contributed by atoms with Gasteiger partial charge in [0.2, 0.25) is 5.91 Å². The van der Waals surface area contributed by atoms with Gasteiger partial charge in [-0.3, -0.25) is 4.79 Å². The van der Waals surface area contributed by atoms with Gasteiger partial charge < -0.3 is 14.8 Å². The lowest BCUT2D eigenvalue weighted by Crippen LogP contribution is -2.50. The molecule has 1 N–H and O–H groups in total. The first kappa shape index (κ1) is 14.2. The molecule has 0 spiro atoms. The molecule has 6 heteroatoms. The largest absolute Gasteiger partial charge is 0.351 e. The van der Waals surface area contributed by atoms with Gasteiger partial charge in [0, 0.05) is 31.4 Å². The zero-order chi connectivity index (χ0) is 16.0. The highest BCUT2D eigenvalue weighted by Crippen LogP contribution is 2.36. The van der Waals surface area contributed by atoms with E-state index < -0.39 is 0 Å². The molecule has 23 heavy (non-hydrogen) atoms. The van der Waals surface area contributed by atoms with Crippen LogP contribution in [0, 0.1) is 5.92 Å². The Morgan fingerprint density at radius 2 is 2.17 bits per heavy atom. The van der Waals surface area contributed by atoms with E-state index in [1.807, 2.05) is 17.2 Å². The van der Waals surface area contributed by atoms with E-state index >= 15 is 0 Å². The predicted molar refractivity (Wildman–Crippen MR) is 89.1 cm³/mol. The van der Waals surface area contributed by atoms with Crippen LogP contribution in [0.5, 0.6) is 0 Å². The SMILES string of the molecule is C=C(C)C(=O)N1CCC2CCN(c3ncnc4[nH]ccc34)C2C1. The van der Waals surface area contributed by atoms with Crippen molar-refractivity contribution in [3.63, 3.8) is 0 Å². The number of aromatic nitrogens is 3. The fourth-order valence-electron chi connectivity index (χ4n) is 3.95. The molecule has 0 bridgehead atoms. The summed E-state index contributed by atoms with van der Waals surface area (Å²) in [5.41, 5.74) is 1.48. The third-order valence-corrected chi connectivity index (χ3v) is 5.12. The number of piperidine rings is 1. The van der Waals surface area contributed by atoms with Crippen LogP contribution in [0.4, 0.5) is 5.82 Å². The topological polar surface area (TPSA) is 65.1 Å². The van der Waals surface area contributed by atoms with Gasteiger partial charge in [-0.25, -0.2) is 9.97 Å². The second kappa shape index (κ2) is 5.37. The molecule has 120 valence electrons. The highest BCUT2D eigenvalue weighted by molar-refractivity contribution is 5.92. The van der Waals surface area contributed by atoms with Crippen molar-refractivity contribution < 1.29 is 4.79 Å². The number of rotatable bonds is 2. The number of aromatic amines is 1. The number of anilines is 1. The van der Waals surface area contributed by atoms with Crippen LogP contribution >= 0.6 is 0 Å². The Balaban J connectivity index is 1.64. The van der Waals surface area contributed by atoms with E-state index in [0.717, 1.165) is 49.3 Å². The van der Waals surface area contributed by atoms with Gasteiger partial charge in [0.15, 0.2) is 0 Å². The summed E-state index contributed by atoms with van der Waals surface area (Å²) >= 11 is 0. The van der Waals surface area contributed by atoms with E-state index in [1.165, 1.54) is 0 Å². The van der Waals surface area contributed by atoms with Gasteiger partial charge in [0.1, 0.15) is 17.8 Å². The third kappa shape index (κ3) is 2.29. The lowest BCUT2D eigenvalue weighted by Gasteiger charge is -2.39. The molecule has 4 rings (SSSR count). The van der Waals surface area contributed by atoms with E-state index in [-0.39, 0.29) is 5.91 Å². The molecule has 2 saturated heterocycles. The molecule has 0 saturated carbocycles. The van der Waals surface area contributed by atoms with Crippen molar-refractivity contribution in [1.29, 1.82) is 0 Å². The normalized spacial score (nSPS) is 24.0. The van der Waals surface area contributed by atoms with Crippen molar-refractivity contribution in [2.45, 2.75) is 25.8 Å². The summed E-state index contributed by atoms with van der Waals surface area (Å²) in [4.78, 5) is 28.5. The van der Waals surface area contributed by atoms with Gasteiger partial charge in [-0.1, -0.05) is 6.58 Å². The lowest BCUT2D eigenvalue weighted by molar-refractivity contribution is -0.128. The summed E-state index contributed by atoms with van der Waals surface area (Å²) in [6, 6.07) is 2.36. The first-order valence-electron chi connectivity index (χ1n) is 8.14. The summed E-state index contributed by atoms with van der Waals surface area (Å²) in [6.45, 7) is 8.17. The Hall–Kier alpha value is -2.37. The summed E-state index contributed by atoms with van der Waals surface area (Å²) in [7, 11) is 0.